The van der Waals surface area contributed by atoms with Gasteiger partial charge in [-0.25, -0.2) is 0 Å². The highest BCUT2D eigenvalue weighted by molar-refractivity contribution is 7.80. The summed E-state index contributed by atoms with van der Waals surface area (Å²) in [6, 6.07) is -0.776. The summed E-state index contributed by atoms with van der Waals surface area (Å²) in [5.74, 6) is -1.75. The number of carbonyl (C=O) groups is 3. The predicted molar refractivity (Wildman–Crippen MR) is 92.0 cm³/mol. The van der Waals surface area contributed by atoms with Gasteiger partial charge < -0.3 is 34.3 Å². The average molecular weight is 392 g/mol. The van der Waals surface area contributed by atoms with E-state index in [1.807, 2.05) is 0 Å². The van der Waals surface area contributed by atoms with Crippen LogP contribution in [0.3, 0.4) is 0 Å². The minimum atomic E-state index is -1.04. The molecular weight excluding hydrogens is 368 g/mol. The molecule has 11 heteroatoms. The van der Waals surface area contributed by atoms with Gasteiger partial charge >= 0.3 is 17.9 Å². The first-order valence-electron chi connectivity index (χ1n) is 7.83. The normalized spacial score (nSPS) is 27.8. The average Bonchev–Trinajstić information content (AvgIpc) is 2.55. The van der Waals surface area contributed by atoms with Gasteiger partial charge in [0.05, 0.1) is 0 Å². The van der Waals surface area contributed by atoms with Crippen LogP contribution < -0.4 is 10.6 Å². The van der Waals surface area contributed by atoms with Gasteiger partial charge in [-0.1, -0.05) is 0 Å². The maximum absolute atomic E-state index is 11.6. The fourth-order valence-corrected chi connectivity index (χ4v) is 2.62. The molecule has 1 aliphatic rings. The first-order valence-corrected chi connectivity index (χ1v) is 8.24. The quantitative estimate of drug-likeness (QED) is 0.337. The Morgan fingerprint density at radius 3 is 2.08 bits per heavy atom. The molecular formula is C15H24N2O8S. The Labute approximate surface area is 156 Å². The summed E-state index contributed by atoms with van der Waals surface area (Å²) in [5.41, 5.74) is 0. The SMILES string of the molecule is CNC(=S)N[C@@H]1[C@@H](OC)O[C@@H](COC(C)=O)[C@H](OC(C)=O)[C@H]1OC(C)=O. The zero-order chi connectivity index (χ0) is 19.9. The Kier molecular flexibility index (Phi) is 8.69. The highest BCUT2D eigenvalue weighted by atomic mass is 32.1. The van der Waals surface area contributed by atoms with Crippen molar-refractivity contribution in [2.24, 2.45) is 0 Å². The minimum absolute atomic E-state index is 0.214. The number of nitrogens with one attached hydrogen (secondary N) is 2. The van der Waals surface area contributed by atoms with Gasteiger partial charge in [0.1, 0.15) is 18.8 Å². The number of rotatable bonds is 6. The van der Waals surface area contributed by atoms with E-state index in [-0.39, 0.29) is 11.7 Å². The first-order chi connectivity index (χ1) is 12.2. The van der Waals surface area contributed by atoms with E-state index in [1.54, 1.807) is 7.05 Å². The van der Waals surface area contributed by atoms with E-state index in [0.717, 1.165) is 0 Å². The van der Waals surface area contributed by atoms with Gasteiger partial charge in [0, 0.05) is 34.9 Å². The summed E-state index contributed by atoms with van der Waals surface area (Å²) in [6.07, 6.45) is -3.86. The van der Waals surface area contributed by atoms with E-state index in [1.165, 1.54) is 27.9 Å². The molecule has 148 valence electrons. The van der Waals surface area contributed by atoms with E-state index in [9.17, 15) is 14.4 Å². The predicted octanol–water partition coefficient (Wildman–Crippen LogP) is -0.753. The Morgan fingerprint density at radius 2 is 1.62 bits per heavy atom. The molecule has 1 saturated heterocycles. The second kappa shape index (κ2) is 10.2. The molecule has 0 unspecified atom stereocenters. The van der Waals surface area contributed by atoms with Crippen LogP contribution in [-0.4, -0.2) is 74.4 Å². The van der Waals surface area contributed by atoms with E-state index >= 15 is 0 Å². The Hall–Kier alpha value is -1.98. The molecule has 0 radical (unpaired) electrons. The van der Waals surface area contributed by atoms with E-state index in [0.29, 0.717) is 0 Å². The second-order valence-electron chi connectivity index (χ2n) is 5.48. The Bertz CT molecular complexity index is 544. The van der Waals surface area contributed by atoms with Crippen LogP contribution in [0, 0.1) is 0 Å². The highest BCUT2D eigenvalue weighted by Gasteiger charge is 2.50. The van der Waals surface area contributed by atoms with E-state index < -0.39 is 48.6 Å². The monoisotopic (exact) mass is 392 g/mol. The molecule has 0 bridgehead atoms. The van der Waals surface area contributed by atoms with Crippen molar-refractivity contribution in [1.82, 2.24) is 10.6 Å². The van der Waals surface area contributed by atoms with Crippen molar-refractivity contribution in [3.05, 3.63) is 0 Å². The standard InChI is InChI=1S/C15H24N2O8S/c1-7(18)22-6-10-12(23-8(2)19)13(24-9(3)20)11(14(21-5)25-10)17-15(26)16-4/h10-14H,6H2,1-5H3,(H2,16,17,26)/t10-,11-,12-,13-,14-/m0/s1. The Balaban J connectivity index is 3.20. The number of carbonyl (C=O) groups excluding carboxylic acids is 3. The zero-order valence-electron chi connectivity index (χ0n) is 15.3. The molecule has 1 aliphatic heterocycles. The molecule has 0 saturated carbocycles. The number of ether oxygens (including phenoxy) is 5. The molecule has 0 aromatic carbocycles. The zero-order valence-corrected chi connectivity index (χ0v) is 16.1. The van der Waals surface area contributed by atoms with Gasteiger partial charge in [-0.15, -0.1) is 0 Å². The summed E-state index contributed by atoms with van der Waals surface area (Å²) in [7, 11) is 3.00. The van der Waals surface area contributed by atoms with Crippen molar-refractivity contribution >= 4 is 35.2 Å². The van der Waals surface area contributed by atoms with Gasteiger partial charge in [0.25, 0.3) is 0 Å². The van der Waals surface area contributed by atoms with Crippen molar-refractivity contribution < 1.29 is 38.1 Å². The molecule has 0 amide bonds. The third-order valence-electron chi connectivity index (χ3n) is 3.46. The van der Waals surface area contributed by atoms with Crippen LogP contribution in [-0.2, 0) is 38.1 Å². The number of thiocarbonyl (C=S) groups is 1. The largest absolute Gasteiger partial charge is 0.463 e. The van der Waals surface area contributed by atoms with Crippen molar-refractivity contribution in [3.63, 3.8) is 0 Å². The number of hydrogen-bond donors (Lipinski definition) is 2. The molecule has 0 aromatic rings. The van der Waals surface area contributed by atoms with E-state index in [2.05, 4.69) is 10.6 Å². The molecule has 0 spiro atoms. The summed E-state index contributed by atoms with van der Waals surface area (Å²) in [6.45, 7) is 3.44. The summed E-state index contributed by atoms with van der Waals surface area (Å²) >= 11 is 5.09. The molecule has 1 heterocycles. The van der Waals surface area contributed by atoms with Crippen LogP contribution in [0.1, 0.15) is 20.8 Å². The third-order valence-corrected chi connectivity index (χ3v) is 3.78. The van der Waals surface area contributed by atoms with Crippen LogP contribution in [0.15, 0.2) is 0 Å². The van der Waals surface area contributed by atoms with Crippen LogP contribution in [0.2, 0.25) is 0 Å². The summed E-state index contributed by atoms with van der Waals surface area (Å²) < 4.78 is 26.7. The van der Waals surface area contributed by atoms with Crippen molar-refractivity contribution in [2.45, 2.75) is 51.4 Å². The van der Waals surface area contributed by atoms with E-state index in [4.69, 9.17) is 35.9 Å². The van der Waals surface area contributed by atoms with Gasteiger partial charge in [0.2, 0.25) is 0 Å². The summed E-state index contributed by atoms with van der Waals surface area (Å²) in [4.78, 5) is 34.3. The molecule has 26 heavy (non-hydrogen) atoms. The number of hydrogen-bond acceptors (Lipinski definition) is 9. The molecule has 0 aromatic heterocycles. The fraction of sp³-hybridized carbons (Fsp3) is 0.733. The Morgan fingerprint density at radius 1 is 1.04 bits per heavy atom. The topological polar surface area (TPSA) is 121 Å². The van der Waals surface area contributed by atoms with Crippen molar-refractivity contribution in [2.75, 3.05) is 20.8 Å². The highest BCUT2D eigenvalue weighted by Crippen LogP contribution is 2.27. The first kappa shape index (κ1) is 22.1. The van der Waals surface area contributed by atoms with Gasteiger partial charge in [-0.3, -0.25) is 14.4 Å². The van der Waals surface area contributed by atoms with Gasteiger partial charge in [-0.05, 0) is 12.2 Å². The van der Waals surface area contributed by atoms with Crippen molar-refractivity contribution in [1.29, 1.82) is 0 Å². The molecule has 0 aliphatic carbocycles. The minimum Gasteiger partial charge on any atom is -0.463 e. The van der Waals surface area contributed by atoms with Crippen molar-refractivity contribution in [3.8, 4) is 0 Å². The van der Waals surface area contributed by atoms with Crippen LogP contribution in [0.25, 0.3) is 0 Å². The van der Waals surface area contributed by atoms with Crippen LogP contribution >= 0.6 is 12.2 Å². The lowest BCUT2D eigenvalue weighted by atomic mass is 9.96. The fourth-order valence-electron chi connectivity index (χ4n) is 2.48. The molecule has 10 nitrogen and oxygen atoms in total. The number of methoxy groups -OCH3 is 1. The molecule has 5 atom stereocenters. The smallest absolute Gasteiger partial charge is 0.303 e. The lowest BCUT2D eigenvalue weighted by Gasteiger charge is -2.44. The second-order valence-corrected chi connectivity index (χ2v) is 5.89. The molecule has 1 rings (SSSR count). The van der Waals surface area contributed by atoms with Gasteiger partial charge in [-0.2, -0.15) is 0 Å². The number of esters is 3. The summed E-state index contributed by atoms with van der Waals surface area (Å²) in [5, 5.41) is 5.89. The molecule has 1 fully saturated rings. The lowest BCUT2D eigenvalue weighted by molar-refractivity contribution is -0.270. The van der Waals surface area contributed by atoms with Gasteiger partial charge in [0.15, 0.2) is 23.6 Å². The maximum Gasteiger partial charge on any atom is 0.303 e. The third kappa shape index (κ3) is 6.39. The van der Waals surface area contributed by atoms with Crippen LogP contribution in [0.4, 0.5) is 0 Å². The maximum atomic E-state index is 11.6. The lowest BCUT2D eigenvalue weighted by Crippen LogP contribution is -2.67. The van der Waals surface area contributed by atoms with Crippen LogP contribution in [0.5, 0.6) is 0 Å². The molecule has 2 N–H and O–H groups in total.